The summed E-state index contributed by atoms with van der Waals surface area (Å²) in [5.74, 6) is -1.85. The molecular weight excluding hydrogens is 224 g/mol. The number of nitrogens with one attached hydrogen (secondary N) is 1. The predicted octanol–water partition coefficient (Wildman–Crippen LogP) is -0.343. The van der Waals surface area contributed by atoms with Gasteiger partial charge in [-0.2, -0.15) is 0 Å². The minimum atomic E-state index is -1.59. The van der Waals surface area contributed by atoms with Gasteiger partial charge in [-0.05, 0) is 17.7 Å². The summed E-state index contributed by atoms with van der Waals surface area (Å²) >= 11 is 0. The third-order valence-electron chi connectivity index (χ3n) is 1.87. The maximum absolute atomic E-state index is 11.2. The van der Waals surface area contributed by atoms with Gasteiger partial charge in [0.2, 0.25) is 5.91 Å². The summed E-state index contributed by atoms with van der Waals surface area (Å²) in [6.45, 7) is -0.328. The topological polar surface area (TPSA) is 99.5 Å². The van der Waals surface area contributed by atoms with E-state index in [4.69, 9.17) is 10.2 Å². The Hall–Kier alpha value is -2.21. The van der Waals surface area contributed by atoms with Crippen molar-refractivity contribution in [2.45, 2.75) is 6.10 Å². The molecule has 0 aliphatic rings. The Morgan fingerprint density at radius 1 is 1.53 bits per heavy atom. The molecule has 0 saturated carbocycles. The Bertz CT molecular complexity index is 417. The van der Waals surface area contributed by atoms with Crippen LogP contribution in [0.25, 0.3) is 6.08 Å². The van der Waals surface area contributed by atoms with Crippen LogP contribution >= 0.6 is 0 Å². The number of aliphatic hydroxyl groups excluding tert-OH is 1. The van der Waals surface area contributed by atoms with Gasteiger partial charge in [0.1, 0.15) is 0 Å². The maximum Gasteiger partial charge on any atom is 0.334 e. The van der Waals surface area contributed by atoms with Gasteiger partial charge in [-0.15, -0.1) is 0 Å². The highest BCUT2D eigenvalue weighted by Crippen LogP contribution is 1.97. The number of pyridine rings is 1. The van der Waals surface area contributed by atoms with Crippen molar-refractivity contribution < 1.29 is 19.8 Å². The number of aromatic nitrogens is 1. The number of carboxylic acids is 1. The number of aliphatic hydroxyl groups is 1. The van der Waals surface area contributed by atoms with Gasteiger partial charge < -0.3 is 15.5 Å². The zero-order valence-corrected chi connectivity index (χ0v) is 8.91. The summed E-state index contributed by atoms with van der Waals surface area (Å²) < 4.78 is 0. The standard InChI is InChI=1S/C11H12N2O4/c14-9(11(16)17)7-13-10(15)4-3-8-2-1-5-12-6-8/h1-6,9,14H,7H2,(H,13,15)(H,16,17)/b4-3+/t9-/m0/s1. The van der Waals surface area contributed by atoms with Gasteiger partial charge >= 0.3 is 5.97 Å². The molecule has 0 aliphatic carbocycles. The van der Waals surface area contributed by atoms with Crippen LogP contribution in [-0.4, -0.2) is 39.7 Å². The minimum absolute atomic E-state index is 0.328. The number of nitrogens with zero attached hydrogens (tertiary/aromatic N) is 1. The first kappa shape index (κ1) is 12.9. The van der Waals surface area contributed by atoms with E-state index in [2.05, 4.69) is 10.3 Å². The highest BCUT2D eigenvalue weighted by molar-refractivity contribution is 5.91. The second-order valence-corrected chi connectivity index (χ2v) is 3.22. The fourth-order valence-electron chi connectivity index (χ4n) is 0.990. The quantitative estimate of drug-likeness (QED) is 0.607. The number of aliphatic carboxylic acids is 1. The number of hydrogen-bond acceptors (Lipinski definition) is 4. The zero-order chi connectivity index (χ0) is 12.7. The van der Waals surface area contributed by atoms with Gasteiger partial charge in [0.05, 0.1) is 6.54 Å². The third-order valence-corrected chi connectivity index (χ3v) is 1.87. The van der Waals surface area contributed by atoms with E-state index in [1.54, 1.807) is 24.5 Å². The highest BCUT2D eigenvalue weighted by Gasteiger charge is 2.12. The lowest BCUT2D eigenvalue weighted by molar-refractivity contribution is -0.146. The van der Waals surface area contributed by atoms with Crippen molar-refractivity contribution in [1.82, 2.24) is 10.3 Å². The molecule has 1 aromatic heterocycles. The molecule has 90 valence electrons. The Morgan fingerprint density at radius 3 is 2.88 bits per heavy atom. The van der Waals surface area contributed by atoms with Crippen LogP contribution < -0.4 is 5.32 Å². The predicted molar refractivity (Wildman–Crippen MR) is 59.9 cm³/mol. The molecule has 0 bridgehead atoms. The summed E-state index contributed by atoms with van der Waals surface area (Å²) in [5, 5.41) is 19.5. The number of carbonyl (C=O) groups excluding carboxylic acids is 1. The molecule has 0 unspecified atom stereocenters. The Morgan fingerprint density at radius 2 is 2.29 bits per heavy atom. The van der Waals surface area contributed by atoms with E-state index >= 15 is 0 Å². The zero-order valence-electron chi connectivity index (χ0n) is 8.91. The molecule has 1 amide bonds. The van der Waals surface area contributed by atoms with Crippen LogP contribution in [0.2, 0.25) is 0 Å². The molecule has 0 saturated heterocycles. The molecule has 0 radical (unpaired) electrons. The van der Waals surface area contributed by atoms with E-state index < -0.39 is 18.0 Å². The smallest absolute Gasteiger partial charge is 0.334 e. The molecule has 0 fully saturated rings. The molecule has 1 rings (SSSR count). The molecule has 1 aromatic rings. The molecule has 17 heavy (non-hydrogen) atoms. The lowest BCUT2D eigenvalue weighted by atomic mass is 10.2. The molecular formula is C11H12N2O4. The largest absolute Gasteiger partial charge is 0.479 e. The fraction of sp³-hybridized carbons (Fsp3) is 0.182. The van der Waals surface area contributed by atoms with Crippen LogP contribution in [-0.2, 0) is 9.59 Å². The van der Waals surface area contributed by atoms with Crippen molar-refractivity contribution in [2.24, 2.45) is 0 Å². The lowest BCUT2D eigenvalue weighted by Gasteiger charge is -2.04. The number of rotatable bonds is 5. The SMILES string of the molecule is O=C(/C=C/c1cccnc1)NC[C@H](O)C(=O)O. The van der Waals surface area contributed by atoms with Gasteiger partial charge in [-0.25, -0.2) is 4.79 Å². The average Bonchev–Trinajstić information content (AvgIpc) is 2.34. The van der Waals surface area contributed by atoms with Crippen LogP contribution in [0.15, 0.2) is 30.6 Å². The van der Waals surface area contributed by atoms with E-state index in [1.807, 2.05) is 0 Å². The summed E-state index contributed by atoms with van der Waals surface area (Å²) in [6.07, 6.45) is 4.38. The number of hydrogen-bond donors (Lipinski definition) is 3. The van der Waals surface area contributed by atoms with Crippen molar-refractivity contribution in [2.75, 3.05) is 6.54 Å². The summed E-state index contributed by atoms with van der Waals surface area (Å²) in [6, 6.07) is 3.49. The molecule has 0 spiro atoms. The number of carboxylic acid groups (broad SMARTS) is 1. The normalized spacial score (nSPS) is 12.3. The molecule has 1 heterocycles. The van der Waals surface area contributed by atoms with Crippen LogP contribution in [0.1, 0.15) is 5.56 Å². The average molecular weight is 236 g/mol. The van der Waals surface area contributed by atoms with Gasteiger partial charge in [0.25, 0.3) is 0 Å². The van der Waals surface area contributed by atoms with Crippen molar-refractivity contribution in [3.8, 4) is 0 Å². The first-order chi connectivity index (χ1) is 8.09. The van der Waals surface area contributed by atoms with Gasteiger partial charge in [0.15, 0.2) is 6.10 Å². The highest BCUT2D eigenvalue weighted by atomic mass is 16.4. The first-order valence-electron chi connectivity index (χ1n) is 4.86. The summed E-state index contributed by atoms with van der Waals surface area (Å²) in [7, 11) is 0. The first-order valence-corrected chi connectivity index (χ1v) is 4.86. The second kappa shape index (κ2) is 6.39. The van der Waals surface area contributed by atoms with Crippen LogP contribution in [0.4, 0.5) is 0 Å². The van der Waals surface area contributed by atoms with Crippen LogP contribution in [0.5, 0.6) is 0 Å². The van der Waals surface area contributed by atoms with Gasteiger partial charge in [-0.3, -0.25) is 9.78 Å². The van der Waals surface area contributed by atoms with Crippen molar-refractivity contribution >= 4 is 18.0 Å². The van der Waals surface area contributed by atoms with E-state index in [0.29, 0.717) is 0 Å². The third kappa shape index (κ3) is 4.89. The summed E-state index contributed by atoms with van der Waals surface area (Å²) in [5.41, 5.74) is 0.751. The van der Waals surface area contributed by atoms with E-state index in [9.17, 15) is 9.59 Å². The number of amides is 1. The Kier molecular flexibility index (Phi) is 4.83. The van der Waals surface area contributed by atoms with Crippen LogP contribution in [0, 0.1) is 0 Å². The van der Waals surface area contributed by atoms with E-state index in [1.165, 1.54) is 12.2 Å². The lowest BCUT2D eigenvalue weighted by Crippen LogP contribution is -2.35. The molecule has 3 N–H and O–H groups in total. The number of carbonyl (C=O) groups is 2. The van der Waals surface area contributed by atoms with E-state index in [0.717, 1.165) is 5.56 Å². The molecule has 1 atom stereocenters. The van der Waals surface area contributed by atoms with Crippen molar-refractivity contribution in [3.05, 3.63) is 36.2 Å². The Balaban J connectivity index is 2.40. The van der Waals surface area contributed by atoms with Crippen molar-refractivity contribution in [1.29, 1.82) is 0 Å². The van der Waals surface area contributed by atoms with E-state index in [-0.39, 0.29) is 6.54 Å². The maximum atomic E-state index is 11.2. The molecule has 0 aromatic carbocycles. The second-order valence-electron chi connectivity index (χ2n) is 3.22. The minimum Gasteiger partial charge on any atom is -0.479 e. The monoisotopic (exact) mass is 236 g/mol. The molecule has 0 aliphatic heterocycles. The van der Waals surface area contributed by atoms with Crippen LogP contribution in [0.3, 0.4) is 0 Å². The van der Waals surface area contributed by atoms with Gasteiger partial charge in [0, 0.05) is 18.5 Å². The molecule has 6 nitrogen and oxygen atoms in total. The van der Waals surface area contributed by atoms with Gasteiger partial charge in [-0.1, -0.05) is 6.07 Å². The summed E-state index contributed by atoms with van der Waals surface area (Å²) in [4.78, 5) is 25.3. The Labute approximate surface area is 97.6 Å². The molecule has 6 heteroatoms. The van der Waals surface area contributed by atoms with Crippen molar-refractivity contribution in [3.63, 3.8) is 0 Å². The fourth-order valence-corrected chi connectivity index (χ4v) is 0.990.